The number of benzene rings is 1. The van der Waals surface area contributed by atoms with Crippen LogP contribution in [0.4, 0.5) is 0 Å². The van der Waals surface area contributed by atoms with Crippen molar-refractivity contribution in [2.75, 3.05) is 33.2 Å². The van der Waals surface area contributed by atoms with E-state index < -0.39 is 0 Å². The molecule has 0 radical (unpaired) electrons. The number of guanidine groups is 1. The normalized spacial score (nSPS) is 17.7. The summed E-state index contributed by atoms with van der Waals surface area (Å²) in [5.41, 5.74) is 2.70. The average Bonchev–Trinajstić information content (AvgIpc) is 2.60. The molecule has 5 heteroatoms. The SMILES string of the molecule is CCCN1CCC(NC(=NC)NCC(C)c2cccc(C)c2)CC1.I. The van der Waals surface area contributed by atoms with E-state index in [2.05, 4.69) is 65.6 Å². The van der Waals surface area contributed by atoms with E-state index >= 15 is 0 Å². The maximum atomic E-state index is 4.40. The van der Waals surface area contributed by atoms with Crippen LogP contribution in [0.3, 0.4) is 0 Å². The van der Waals surface area contributed by atoms with Crippen molar-refractivity contribution in [3.8, 4) is 0 Å². The first-order valence-electron chi connectivity index (χ1n) is 9.38. The molecule has 1 aromatic rings. The topological polar surface area (TPSA) is 39.7 Å². The van der Waals surface area contributed by atoms with E-state index in [1.165, 1.54) is 50.0 Å². The molecule has 1 saturated heterocycles. The molecule has 1 aromatic carbocycles. The highest BCUT2D eigenvalue weighted by molar-refractivity contribution is 14.0. The molecule has 1 aliphatic rings. The van der Waals surface area contributed by atoms with Crippen molar-refractivity contribution in [2.24, 2.45) is 4.99 Å². The summed E-state index contributed by atoms with van der Waals surface area (Å²) in [6.07, 6.45) is 3.65. The van der Waals surface area contributed by atoms with Gasteiger partial charge in [0.05, 0.1) is 0 Å². The monoisotopic (exact) mass is 458 g/mol. The zero-order chi connectivity index (χ0) is 17.4. The Bertz CT molecular complexity index is 524. The average molecular weight is 458 g/mol. The molecule has 0 bridgehead atoms. The summed E-state index contributed by atoms with van der Waals surface area (Å²) in [5.74, 6) is 1.40. The van der Waals surface area contributed by atoms with Crippen molar-refractivity contribution >= 4 is 29.9 Å². The lowest BCUT2D eigenvalue weighted by Gasteiger charge is -2.33. The number of nitrogens with one attached hydrogen (secondary N) is 2. The molecule has 1 heterocycles. The lowest BCUT2D eigenvalue weighted by Crippen LogP contribution is -2.49. The van der Waals surface area contributed by atoms with Gasteiger partial charge in [-0.3, -0.25) is 4.99 Å². The van der Waals surface area contributed by atoms with E-state index in [1.54, 1.807) is 0 Å². The summed E-state index contributed by atoms with van der Waals surface area (Å²) >= 11 is 0. The van der Waals surface area contributed by atoms with Crippen molar-refractivity contribution in [3.63, 3.8) is 0 Å². The molecule has 2 rings (SSSR count). The van der Waals surface area contributed by atoms with Gasteiger partial charge in [0.1, 0.15) is 0 Å². The zero-order valence-electron chi connectivity index (χ0n) is 16.2. The summed E-state index contributed by atoms with van der Waals surface area (Å²) in [4.78, 5) is 6.97. The van der Waals surface area contributed by atoms with Gasteiger partial charge in [0, 0.05) is 32.7 Å². The fraction of sp³-hybridized carbons (Fsp3) is 0.650. The number of rotatable bonds is 6. The first-order chi connectivity index (χ1) is 11.6. The van der Waals surface area contributed by atoms with Crippen LogP contribution in [0.25, 0.3) is 0 Å². The van der Waals surface area contributed by atoms with Crippen molar-refractivity contribution in [2.45, 2.75) is 52.0 Å². The quantitative estimate of drug-likeness (QED) is 0.388. The van der Waals surface area contributed by atoms with E-state index in [4.69, 9.17) is 0 Å². The molecule has 1 aliphatic heterocycles. The Kier molecular flexibility index (Phi) is 10.4. The fourth-order valence-electron chi connectivity index (χ4n) is 3.35. The Morgan fingerprint density at radius 2 is 2.04 bits per heavy atom. The lowest BCUT2D eigenvalue weighted by molar-refractivity contribution is 0.206. The number of hydrogen-bond donors (Lipinski definition) is 2. The lowest BCUT2D eigenvalue weighted by atomic mass is 9.99. The highest BCUT2D eigenvalue weighted by atomic mass is 127. The Balaban J connectivity index is 0.00000312. The number of hydrogen-bond acceptors (Lipinski definition) is 2. The fourth-order valence-corrected chi connectivity index (χ4v) is 3.35. The zero-order valence-corrected chi connectivity index (χ0v) is 18.5. The first kappa shape index (κ1) is 22.2. The largest absolute Gasteiger partial charge is 0.356 e. The minimum atomic E-state index is 0. The Hall–Kier alpha value is -0.820. The minimum absolute atomic E-state index is 0. The summed E-state index contributed by atoms with van der Waals surface area (Å²) < 4.78 is 0. The van der Waals surface area contributed by atoms with Crippen molar-refractivity contribution < 1.29 is 0 Å². The van der Waals surface area contributed by atoms with Gasteiger partial charge in [0.15, 0.2) is 5.96 Å². The third kappa shape index (κ3) is 7.52. The van der Waals surface area contributed by atoms with Gasteiger partial charge in [-0.1, -0.05) is 43.7 Å². The van der Waals surface area contributed by atoms with Gasteiger partial charge in [-0.25, -0.2) is 0 Å². The molecule has 0 spiro atoms. The van der Waals surface area contributed by atoms with Crippen molar-refractivity contribution in [3.05, 3.63) is 35.4 Å². The van der Waals surface area contributed by atoms with Crippen LogP contribution in [0, 0.1) is 6.92 Å². The molecule has 4 nitrogen and oxygen atoms in total. The third-order valence-corrected chi connectivity index (χ3v) is 4.88. The minimum Gasteiger partial charge on any atom is -0.356 e. The number of aryl methyl sites for hydroxylation is 1. The van der Waals surface area contributed by atoms with Gasteiger partial charge >= 0.3 is 0 Å². The van der Waals surface area contributed by atoms with Crippen LogP contribution in [0.15, 0.2) is 29.3 Å². The maximum Gasteiger partial charge on any atom is 0.191 e. The van der Waals surface area contributed by atoms with Gasteiger partial charge in [0.25, 0.3) is 0 Å². The molecule has 0 aromatic heterocycles. The number of aliphatic imine (C=N–C) groups is 1. The second-order valence-corrected chi connectivity index (χ2v) is 7.03. The molecule has 25 heavy (non-hydrogen) atoms. The van der Waals surface area contributed by atoms with Crippen LogP contribution in [0.5, 0.6) is 0 Å². The standard InChI is InChI=1S/C20H34N4.HI/c1-5-11-24-12-9-19(10-13-24)23-20(21-4)22-15-17(3)18-8-6-7-16(2)14-18;/h6-8,14,17,19H,5,9-13,15H2,1-4H3,(H2,21,22,23);1H. The molecule has 0 amide bonds. The molecule has 142 valence electrons. The molecular formula is C20H35IN4. The molecule has 0 aliphatic carbocycles. The maximum absolute atomic E-state index is 4.40. The predicted octanol–water partition coefficient (Wildman–Crippen LogP) is 3.76. The molecule has 0 saturated carbocycles. The highest BCUT2D eigenvalue weighted by Gasteiger charge is 2.19. The van der Waals surface area contributed by atoms with Crippen LogP contribution in [0.1, 0.15) is 50.2 Å². The van der Waals surface area contributed by atoms with Gasteiger partial charge in [-0.15, -0.1) is 24.0 Å². The number of halogens is 1. The predicted molar refractivity (Wildman–Crippen MR) is 119 cm³/mol. The van der Waals surface area contributed by atoms with Crippen molar-refractivity contribution in [1.29, 1.82) is 0 Å². The van der Waals surface area contributed by atoms with Gasteiger partial charge in [-0.05, 0) is 44.2 Å². The van der Waals surface area contributed by atoms with Crippen LogP contribution in [0.2, 0.25) is 0 Å². The number of nitrogens with zero attached hydrogens (tertiary/aromatic N) is 2. The van der Waals surface area contributed by atoms with Crippen molar-refractivity contribution in [1.82, 2.24) is 15.5 Å². The number of likely N-dealkylation sites (tertiary alicyclic amines) is 1. The molecule has 1 fully saturated rings. The molecule has 2 N–H and O–H groups in total. The smallest absolute Gasteiger partial charge is 0.191 e. The summed E-state index contributed by atoms with van der Waals surface area (Å²) in [6, 6.07) is 9.30. The molecular weight excluding hydrogens is 423 g/mol. The highest BCUT2D eigenvalue weighted by Crippen LogP contribution is 2.15. The van der Waals surface area contributed by atoms with Gasteiger partial charge in [0.2, 0.25) is 0 Å². The van der Waals surface area contributed by atoms with E-state index in [0.29, 0.717) is 12.0 Å². The second-order valence-electron chi connectivity index (χ2n) is 7.03. The Morgan fingerprint density at radius 1 is 1.32 bits per heavy atom. The summed E-state index contributed by atoms with van der Waals surface area (Å²) in [5, 5.41) is 7.09. The molecule has 1 unspecified atom stereocenters. The second kappa shape index (κ2) is 11.7. The van der Waals surface area contributed by atoms with Gasteiger partial charge in [-0.2, -0.15) is 0 Å². The molecule has 1 atom stereocenters. The van der Waals surface area contributed by atoms with E-state index in [1.807, 2.05) is 7.05 Å². The van der Waals surface area contributed by atoms with Crippen LogP contribution >= 0.6 is 24.0 Å². The van der Waals surface area contributed by atoms with Gasteiger partial charge < -0.3 is 15.5 Å². The summed E-state index contributed by atoms with van der Waals surface area (Å²) in [7, 11) is 1.86. The van der Waals surface area contributed by atoms with E-state index in [9.17, 15) is 0 Å². The van der Waals surface area contributed by atoms with Crippen LogP contribution in [-0.4, -0.2) is 50.1 Å². The number of piperidine rings is 1. The third-order valence-electron chi connectivity index (χ3n) is 4.88. The van der Waals surface area contributed by atoms with Crippen LogP contribution < -0.4 is 10.6 Å². The Labute approximate surface area is 170 Å². The Morgan fingerprint density at radius 3 is 2.64 bits per heavy atom. The first-order valence-corrected chi connectivity index (χ1v) is 9.38. The van der Waals surface area contributed by atoms with Crippen LogP contribution in [-0.2, 0) is 0 Å². The summed E-state index contributed by atoms with van der Waals surface area (Å²) in [6.45, 7) is 11.2. The van der Waals surface area contributed by atoms with E-state index in [0.717, 1.165) is 12.5 Å². The van der Waals surface area contributed by atoms with E-state index in [-0.39, 0.29) is 24.0 Å².